The number of rotatable bonds is 7. The molecule has 0 radical (unpaired) electrons. The molecule has 1 atom stereocenters. The van der Waals surface area contributed by atoms with E-state index in [1.54, 1.807) is 0 Å². The molecule has 0 N–H and O–H groups in total. The van der Waals surface area contributed by atoms with Gasteiger partial charge in [-0.05, 0) is 23.8 Å². The Kier molecular flexibility index (Phi) is 6.01. The zero-order valence-electron chi connectivity index (χ0n) is 12.6. The minimum atomic E-state index is -0.0110. The van der Waals surface area contributed by atoms with Crippen molar-refractivity contribution >= 4 is 11.9 Å². The van der Waals surface area contributed by atoms with Crippen LogP contribution in [0.2, 0.25) is 0 Å². The first-order chi connectivity index (χ1) is 9.09. The summed E-state index contributed by atoms with van der Waals surface area (Å²) in [4.78, 5) is 12.1. The van der Waals surface area contributed by atoms with Gasteiger partial charge in [0.1, 0.15) is 5.78 Å². The van der Waals surface area contributed by atoms with E-state index in [1.165, 1.54) is 5.56 Å². The highest BCUT2D eigenvalue weighted by Crippen LogP contribution is 2.38. The van der Waals surface area contributed by atoms with E-state index in [0.717, 1.165) is 12.8 Å². The minimum Gasteiger partial charge on any atom is -0.299 e. The molecule has 0 saturated carbocycles. The van der Waals surface area contributed by atoms with Crippen molar-refractivity contribution in [1.82, 2.24) is 0 Å². The SMILES string of the molecule is CCC(=O)C(C)C(/C=C/c1ccccc1)(CC)CC. The van der Waals surface area contributed by atoms with Gasteiger partial charge in [0.25, 0.3) is 0 Å². The van der Waals surface area contributed by atoms with Crippen LogP contribution in [0.3, 0.4) is 0 Å². The summed E-state index contributed by atoms with van der Waals surface area (Å²) in [6, 6.07) is 10.3. The Morgan fingerprint density at radius 2 is 1.74 bits per heavy atom. The Bertz CT molecular complexity index is 413. The molecule has 19 heavy (non-hydrogen) atoms. The summed E-state index contributed by atoms with van der Waals surface area (Å²) in [5, 5.41) is 0. The standard InChI is InChI=1S/C18H26O/c1-5-17(19)15(4)18(6-2,7-3)14-13-16-11-9-8-10-12-16/h8-15H,5-7H2,1-4H3/b14-13+. The van der Waals surface area contributed by atoms with Gasteiger partial charge in [-0.2, -0.15) is 0 Å². The molecule has 1 aromatic carbocycles. The number of benzene rings is 1. The molecule has 0 fully saturated rings. The molecule has 0 amide bonds. The van der Waals surface area contributed by atoms with Crippen LogP contribution < -0.4 is 0 Å². The van der Waals surface area contributed by atoms with Crippen molar-refractivity contribution < 1.29 is 4.79 Å². The van der Waals surface area contributed by atoms with Gasteiger partial charge in [0.05, 0.1) is 0 Å². The van der Waals surface area contributed by atoms with Gasteiger partial charge in [0, 0.05) is 12.3 Å². The van der Waals surface area contributed by atoms with Gasteiger partial charge in [0.2, 0.25) is 0 Å². The molecule has 104 valence electrons. The van der Waals surface area contributed by atoms with Crippen molar-refractivity contribution in [2.75, 3.05) is 0 Å². The summed E-state index contributed by atoms with van der Waals surface area (Å²) in [6.07, 6.45) is 7.04. The molecular formula is C18H26O. The average Bonchev–Trinajstić information content (AvgIpc) is 2.48. The van der Waals surface area contributed by atoms with Crippen LogP contribution in [0.1, 0.15) is 52.5 Å². The minimum absolute atomic E-state index is 0.0110. The summed E-state index contributed by atoms with van der Waals surface area (Å²) < 4.78 is 0. The smallest absolute Gasteiger partial charge is 0.136 e. The molecule has 0 saturated heterocycles. The fraction of sp³-hybridized carbons (Fsp3) is 0.500. The van der Waals surface area contributed by atoms with Gasteiger partial charge in [-0.25, -0.2) is 0 Å². The third-order valence-electron chi connectivity index (χ3n) is 4.42. The maximum atomic E-state index is 12.1. The first-order valence-electron chi connectivity index (χ1n) is 7.36. The quantitative estimate of drug-likeness (QED) is 0.663. The molecule has 0 spiro atoms. The summed E-state index contributed by atoms with van der Waals surface area (Å²) >= 11 is 0. The molecule has 1 rings (SSSR count). The van der Waals surface area contributed by atoms with E-state index in [-0.39, 0.29) is 11.3 Å². The Labute approximate surface area is 117 Å². The third-order valence-corrected chi connectivity index (χ3v) is 4.42. The lowest BCUT2D eigenvalue weighted by molar-refractivity contribution is -0.125. The lowest BCUT2D eigenvalue weighted by Crippen LogP contribution is -2.31. The van der Waals surface area contributed by atoms with Gasteiger partial charge in [-0.1, -0.05) is 70.2 Å². The predicted octanol–water partition coefficient (Wildman–Crippen LogP) is 5.12. The van der Waals surface area contributed by atoms with E-state index in [4.69, 9.17) is 0 Å². The van der Waals surface area contributed by atoms with Gasteiger partial charge in [-0.15, -0.1) is 0 Å². The van der Waals surface area contributed by atoms with Gasteiger partial charge < -0.3 is 0 Å². The van der Waals surface area contributed by atoms with Crippen LogP contribution >= 0.6 is 0 Å². The van der Waals surface area contributed by atoms with Crippen molar-refractivity contribution in [2.24, 2.45) is 11.3 Å². The van der Waals surface area contributed by atoms with Crippen LogP contribution in [0.15, 0.2) is 36.4 Å². The number of hydrogen-bond acceptors (Lipinski definition) is 1. The highest BCUT2D eigenvalue weighted by atomic mass is 16.1. The number of carbonyl (C=O) groups is 1. The van der Waals surface area contributed by atoms with E-state index in [1.807, 2.05) is 25.1 Å². The second-order valence-corrected chi connectivity index (χ2v) is 5.23. The molecule has 0 bridgehead atoms. The normalized spacial score (nSPS) is 13.7. The molecule has 0 aliphatic heterocycles. The van der Waals surface area contributed by atoms with E-state index < -0.39 is 0 Å². The van der Waals surface area contributed by atoms with E-state index >= 15 is 0 Å². The maximum absolute atomic E-state index is 12.1. The Morgan fingerprint density at radius 3 is 2.21 bits per heavy atom. The monoisotopic (exact) mass is 258 g/mol. The molecule has 0 heterocycles. The number of Topliss-reactive ketones (excluding diaryl/α,β-unsaturated/α-hetero) is 1. The van der Waals surface area contributed by atoms with Crippen LogP contribution in [-0.2, 0) is 4.79 Å². The molecule has 1 nitrogen and oxygen atoms in total. The molecule has 0 aliphatic carbocycles. The highest BCUT2D eigenvalue weighted by molar-refractivity contribution is 5.81. The molecule has 1 heteroatoms. The van der Waals surface area contributed by atoms with Gasteiger partial charge >= 0.3 is 0 Å². The van der Waals surface area contributed by atoms with Crippen molar-refractivity contribution in [2.45, 2.75) is 47.0 Å². The van der Waals surface area contributed by atoms with Crippen LogP contribution in [-0.4, -0.2) is 5.78 Å². The van der Waals surface area contributed by atoms with Crippen molar-refractivity contribution in [1.29, 1.82) is 0 Å². The summed E-state index contributed by atoms with van der Waals surface area (Å²) in [5.41, 5.74) is 1.19. The zero-order valence-corrected chi connectivity index (χ0v) is 12.6. The fourth-order valence-corrected chi connectivity index (χ4v) is 2.70. The van der Waals surface area contributed by atoms with E-state index in [0.29, 0.717) is 12.2 Å². The van der Waals surface area contributed by atoms with Crippen molar-refractivity contribution in [3.8, 4) is 0 Å². The Balaban J connectivity index is 3.00. The topological polar surface area (TPSA) is 17.1 Å². The fourth-order valence-electron chi connectivity index (χ4n) is 2.70. The largest absolute Gasteiger partial charge is 0.299 e. The summed E-state index contributed by atoms with van der Waals surface area (Å²) in [5.74, 6) is 0.453. The first kappa shape index (κ1) is 15.7. The van der Waals surface area contributed by atoms with Gasteiger partial charge in [-0.3, -0.25) is 4.79 Å². The maximum Gasteiger partial charge on any atom is 0.136 e. The van der Waals surface area contributed by atoms with Crippen molar-refractivity contribution in [3.63, 3.8) is 0 Å². The molecule has 1 aromatic rings. The van der Waals surface area contributed by atoms with E-state index in [9.17, 15) is 4.79 Å². The van der Waals surface area contributed by atoms with Crippen molar-refractivity contribution in [3.05, 3.63) is 42.0 Å². The summed E-state index contributed by atoms with van der Waals surface area (Å²) in [6.45, 7) is 8.39. The summed E-state index contributed by atoms with van der Waals surface area (Å²) in [7, 11) is 0. The number of carbonyl (C=O) groups excluding carboxylic acids is 1. The number of hydrogen-bond donors (Lipinski definition) is 0. The second-order valence-electron chi connectivity index (χ2n) is 5.23. The van der Waals surface area contributed by atoms with E-state index in [2.05, 4.69) is 45.1 Å². The van der Waals surface area contributed by atoms with Crippen LogP contribution in [0.25, 0.3) is 6.08 Å². The zero-order chi connectivity index (χ0) is 14.3. The molecular weight excluding hydrogens is 232 g/mol. The number of allylic oxidation sites excluding steroid dienone is 1. The first-order valence-corrected chi connectivity index (χ1v) is 7.36. The van der Waals surface area contributed by atoms with Crippen LogP contribution in [0, 0.1) is 11.3 Å². The molecule has 0 aromatic heterocycles. The number of ketones is 1. The van der Waals surface area contributed by atoms with Crippen LogP contribution in [0.5, 0.6) is 0 Å². The highest BCUT2D eigenvalue weighted by Gasteiger charge is 2.33. The predicted molar refractivity (Wildman–Crippen MR) is 83.0 cm³/mol. The Hall–Kier alpha value is -1.37. The Morgan fingerprint density at radius 1 is 1.16 bits per heavy atom. The molecule has 0 aliphatic rings. The lowest BCUT2D eigenvalue weighted by Gasteiger charge is -2.34. The van der Waals surface area contributed by atoms with Crippen LogP contribution in [0.4, 0.5) is 0 Å². The average molecular weight is 258 g/mol. The third kappa shape index (κ3) is 3.79. The molecule has 1 unspecified atom stereocenters. The lowest BCUT2D eigenvalue weighted by atomic mass is 9.69. The second kappa shape index (κ2) is 7.28. The van der Waals surface area contributed by atoms with Gasteiger partial charge in [0.15, 0.2) is 0 Å².